The Bertz CT molecular complexity index is 2300. The van der Waals surface area contributed by atoms with E-state index in [0.29, 0.717) is 0 Å². The van der Waals surface area contributed by atoms with E-state index in [4.69, 9.17) is 0 Å². The number of phenolic OH excluding ortho intramolecular Hbond substituents is 1. The number of nitrogens with zero attached hydrogens (tertiary/aromatic N) is 4. The van der Waals surface area contributed by atoms with Crippen LogP contribution in [0.4, 0.5) is 22.7 Å². The van der Waals surface area contributed by atoms with Gasteiger partial charge in [0.1, 0.15) is 32.5 Å². The highest BCUT2D eigenvalue weighted by Gasteiger charge is 2.19. The van der Waals surface area contributed by atoms with E-state index in [1.54, 1.807) is 0 Å². The first-order valence-electron chi connectivity index (χ1n) is 13.2. The van der Waals surface area contributed by atoms with Crippen molar-refractivity contribution in [2.75, 3.05) is 0 Å². The maximum Gasteiger partial charge on any atom is 0.339 e. The van der Waals surface area contributed by atoms with Gasteiger partial charge in [-0.05, 0) is 84.6 Å². The van der Waals surface area contributed by atoms with Crippen LogP contribution < -0.4 is 0 Å². The van der Waals surface area contributed by atoms with E-state index in [0.717, 1.165) is 36.4 Å². The molecule has 0 aromatic heterocycles. The van der Waals surface area contributed by atoms with Crippen molar-refractivity contribution in [2.45, 2.75) is 23.6 Å². The summed E-state index contributed by atoms with van der Waals surface area (Å²) in [6, 6.07) is 11.5. The van der Waals surface area contributed by atoms with Gasteiger partial charge in [0.05, 0.1) is 22.6 Å². The van der Waals surface area contributed by atoms with Gasteiger partial charge >= 0.3 is 11.9 Å². The van der Waals surface area contributed by atoms with Crippen LogP contribution in [0.5, 0.6) is 11.5 Å². The number of aromatic carboxylic acids is 2. The summed E-state index contributed by atoms with van der Waals surface area (Å²) in [4.78, 5) is 21.6. The number of phenols is 2. The minimum Gasteiger partial charge on any atom is -0.508 e. The van der Waals surface area contributed by atoms with Crippen LogP contribution in [-0.4, -0.2) is 58.3 Å². The molecule has 0 saturated carbocycles. The van der Waals surface area contributed by atoms with Gasteiger partial charge in [-0.1, -0.05) is 24.3 Å². The molecule has 0 aliphatic rings. The number of carboxylic acids is 2. The first-order chi connectivity index (χ1) is 22.3. The van der Waals surface area contributed by atoms with Crippen molar-refractivity contribution in [3.05, 3.63) is 94.0 Å². The summed E-state index contributed by atoms with van der Waals surface area (Å²) in [6.45, 7) is 2.92. The normalized spacial score (nSPS) is 12.3. The van der Waals surface area contributed by atoms with E-state index in [9.17, 15) is 56.0 Å². The average molecular weight is 697 g/mol. The van der Waals surface area contributed by atoms with E-state index in [1.165, 1.54) is 50.2 Å². The highest BCUT2D eigenvalue weighted by Crippen LogP contribution is 2.33. The van der Waals surface area contributed by atoms with E-state index >= 15 is 0 Å². The predicted molar refractivity (Wildman–Crippen MR) is 169 cm³/mol. The Kier molecular flexibility index (Phi) is 9.85. The highest BCUT2D eigenvalue weighted by atomic mass is 32.2. The van der Waals surface area contributed by atoms with Gasteiger partial charge < -0.3 is 20.4 Å². The Morgan fingerprint density at radius 1 is 0.604 bits per heavy atom. The number of hydrogen-bond acceptors (Lipinski definition) is 12. The molecule has 16 nitrogen and oxygen atoms in total. The Balaban J connectivity index is 1.70. The quantitative estimate of drug-likeness (QED) is 0.0581. The number of benzene rings is 4. The molecule has 4 rings (SSSR count). The first-order valence-corrected chi connectivity index (χ1v) is 16.1. The zero-order chi connectivity index (χ0) is 35.6. The summed E-state index contributed by atoms with van der Waals surface area (Å²) in [6.07, 6.45) is 2.27. The number of rotatable bonds is 10. The third-order valence-corrected chi connectivity index (χ3v) is 8.39. The van der Waals surface area contributed by atoms with Crippen molar-refractivity contribution >= 4 is 67.1 Å². The van der Waals surface area contributed by atoms with Crippen molar-refractivity contribution in [3.8, 4) is 11.5 Å². The molecule has 48 heavy (non-hydrogen) atoms. The van der Waals surface area contributed by atoms with Crippen LogP contribution in [0.3, 0.4) is 0 Å². The Morgan fingerprint density at radius 2 is 1.08 bits per heavy atom. The van der Waals surface area contributed by atoms with Gasteiger partial charge in [-0.15, -0.1) is 5.11 Å². The van der Waals surface area contributed by atoms with Crippen LogP contribution in [0.15, 0.2) is 90.9 Å². The van der Waals surface area contributed by atoms with Crippen molar-refractivity contribution < 1.29 is 56.0 Å². The topological polar surface area (TPSA) is 273 Å². The zero-order valence-corrected chi connectivity index (χ0v) is 26.3. The molecule has 4 aromatic carbocycles. The second kappa shape index (κ2) is 13.5. The lowest BCUT2D eigenvalue weighted by atomic mass is 10.1. The van der Waals surface area contributed by atoms with Crippen LogP contribution in [0.25, 0.3) is 12.2 Å². The molecule has 18 heteroatoms. The largest absolute Gasteiger partial charge is 0.508 e. The summed E-state index contributed by atoms with van der Waals surface area (Å²) < 4.78 is 68.6. The second-order valence-corrected chi connectivity index (χ2v) is 12.8. The Labute approximate surface area is 272 Å². The standard InChI is InChI=1S/C30H24N4O12S2/c1-15-10-22(35)14-23(29(37)38)27(15)34-32-20-8-6-18(26(13-20)48(44,45)46)4-3-17-5-7-19(12-25(17)47(41,42)43)31-33-21-9-16(2)28(36)24(11-21)30(39)40/h3-14,35-36H,1-2H3,(H,37,38)(H,39,40)(H,41,42,43)(H,44,45,46). The maximum atomic E-state index is 12.2. The minimum atomic E-state index is -4.90. The average Bonchev–Trinajstić information content (AvgIpc) is 2.99. The van der Waals surface area contributed by atoms with Crippen LogP contribution in [0.1, 0.15) is 43.0 Å². The number of carboxylic acid groups (broad SMARTS) is 2. The lowest BCUT2D eigenvalue weighted by Crippen LogP contribution is -2.01. The van der Waals surface area contributed by atoms with Crippen LogP contribution in [0, 0.1) is 13.8 Å². The molecule has 0 spiro atoms. The molecule has 0 unspecified atom stereocenters. The van der Waals surface area contributed by atoms with Crippen molar-refractivity contribution in [1.29, 1.82) is 0 Å². The fraction of sp³-hybridized carbons (Fsp3) is 0.0667. The van der Waals surface area contributed by atoms with Crippen molar-refractivity contribution in [1.82, 2.24) is 0 Å². The third-order valence-electron chi connectivity index (χ3n) is 6.57. The van der Waals surface area contributed by atoms with Gasteiger partial charge in [-0.3, -0.25) is 9.11 Å². The van der Waals surface area contributed by atoms with Gasteiger partial charge in [-0.2, -0.15) is 32.2 Å². The summed E-state index contributed by atoms with van der Waals surface area (Å²) >= 11 is 0. The molecule has 0 aliphatic carbocycles. The molecule has 0 heterocycles. The minimum absolute atomic E-state index is 0.0290. The van der Waals surface area contributed by atoms with Crippen LogP contribution in [0.2, 0.25) is 0 Å². The van der Waals surface area contributed by atoms with Gasteiger partial charge in [0.25, 0.3) is 20.2 Å². The lowest BCUT2D eigenvalue weighted by Gasteiger charge is -2.07. The highest BCUT2D eigenvalue weighted by molar-refractivity contribution is 7.86. The first kappa shape index (κ1) is 35.0. The van der Waals surface area contributed by atoms with E-state index in [2.05, 4.69) is 20.5 Å². The molecular formula is C30H24N4O12S2. The summed E-state index contributed by atoms with van der Waals surface area (Å²) in [5.74, 6) is -3.58. The second-order valence-electron chi connectivity index (χ2n) is 10.1. The number of aryl methyl sites for hydroxylation is 2. The van der Waals surface area contributed by atoms with Crippen molar-refractivity contribution in [3.63, 3.8) is 0 Å². The van der Waals surface area contributed by atoms with Crippen LogP contribution >= 0.6 is 0 Å². The molecule has 0 atom stereocenters. The van der Waals surface area contributed by atoms with Gasteiger partial charge in [0.15, 0.2) is 0 Å². The number of hydrogen-bond donors (Lipinski definition) is 6. The number of carbonyl (C=O) groups is 2. The Morgan fingerprint density at radius 3 is 1.56 bits per heavy atom. The van der Waals surface area contributed by atoms with Crippen molar-refractivity contribution in [2.24, 2.45) is 20.5 Å². The molecule has 248 valence electrons. The lowest BCUT2D eigenvalue weighted by molar-refractivity contribution is 0.0684. The van der Waals surface area contributed by atoms with Crippen LogP contribution in [-0.2, 0) is 20.2 Å². The molecular weight excluding hydrogens is 672 g/mol. The third kappa shape index (κ3) is 8.12. The maximum absolute atomic E-state index is 12.2. The van der Waals surface area contributed by atoms with Gasteiger partial charge in [0, 0.05) is 0 Å². The molecule has 0 saturated heterocycles. The van der Waals surface area contributed by atoms with E-state index in [1.807, 2.05) is 0 Å². The number of aromatic hydroxyl groups is 2. The summed E-state index contributed by atoms with van der Waals surface area (Å²) in [5.41, 5.74) is -0.869. The fourth-order valence-electron chi connectivity index (χ4n) is 4.33. The molecule has 0 amide bonds. The monoisotopic (exact) mass is 696 g/mol. The molecule has 6 N–H and O–H groups in total. The Hall–Kier alpha value is -5.82. The van der Waals surface area contributed by atoms with E-state index < -0.39 is 53.3 Å². The van der Waals surface area contributed by atoms with Gasteiger partial charge in [-0.25, -0.2) is 9.59 Å². The van der Waals surface area contributed by atoms with Gasteiger partial charge in [0.2, 0.25) is 0 Å². The molecule has 0 radical (unpaired) electrons. The predicted octanol–water partition coefficient (Wildman–Crippen LogP) is 6.61. The summed E-state index contributed by atoms with van der Waals surface area (Å²) in [5, 5.41) is 53.8. The smallest absolute Gasteiger partial charge is 0.339 e. The zero-order valence-electron chi connectivity index (χ0n) is 24.7. The molecule has 0 aliphatic heterocycles. The molecule has 0 fully saturated rings. The van der Waals surface area contributed by atoms with E-state index in [-0.39, 0.29) is 56.3 Å². The fourth-order valence-corrected chi connectivity index (χ4v) is 5.74. The summed E-state index contributed by atoms with van der Waals surface area (Å²) in [7, 11) is -9.78. The number of azo groups is 2. The SMILES string of the molecule is Cc1cc(N=Nc2ccc(C=Cc3ccc(N=Nc4c(C)cc(O)cc4C(=O)O)cc3S(=O)(=O)O)c(S(=O)(=O)O)c2)cc(C(=O)O)c1O. The molecule has 4 aromatic rings. The molecule has 0 bridgehead atoms.